The van der Waals surface area contributed by atoms with Crippen molar-refractivity contribution >= 4 is 15.9 Å². The Balaban J connectivity index is 1.85. The molecule has 2 aromatic carbocycles. The first-order chi connectivity index (χ1) is 12.2. The molecule has 3 aromatic rings. The normalized spacial score (nSPS) is 12.0. The van der Waals surface area contributed by atoms with Gasteiger partial charge in [0.2, 0.25) is 0 Å². The van der Waals surface area contributed by atoms with Gasteiger partial charge in [-0.2, -0.15) is 0 Å². The minimum Gasteiger partial charge on any atom is -0.467 e. The Bertz CT molecular complexity index is 816. The molecule has 0 amide bonds. The number of hydrogen-bond donors (Lipinski definition) is 0. The Hall–Kier alpha value is -2.20. The molecule has 3 nitrogen and oxygen atoms in total. The highest BCUT2D eigenvalue weighted by Gasteiger charge is 2.16. The molecule has 0 fully saturated rings. The highest BCUT2D eigenvalue weighted by Crippen LogP contribution is 2.32. The van der Waals surface area contributed by atoms with Crippen LogP contribution in [-0.2, 0) is 6.42 Å². The summed E-state index contributed by atoms with van der Waals surface area (Å²) in [5, 5.41) is 0. The van der Waals surface area contributed by atoms with E-state index >= 15 is 0 Å². The van der Waals surface area contributed by atoms with E-state index in [2.05, 4.69) is 81.4 Å². The molecule has 25 heavy (non-hydrogen) atoms. The van der Waals surface area contributed by atoms with E-state index in [1.165, 1.54) is 16.7 Å². The number of methoxy groups -OCH3 is 1. The van der Waals surface area contributed by atoms with E-state index in [0.29, 0.717) is 11.9 Å². The van der Waals surface area contributed by atoms with Gasteiger partial charge in [-0.1, -0.05) is 52.3 Å². The van der Waals surface area contributed by atoms with Crippen molar-refractivity contribution in [3.8, 4) is 6.01 Å². The molecule has 0 saturated heterocycles. The fourth-order valence-corrected chi connectivity index (χ4v) is 3.33. The molecule has 0 aliphatic rings. The molecule has 128 valence electrons. The van der Waals surface area contributed by atoms with E-state index in [4.69, 9.17) is 4.74 Å². The molecule has 1 aromatic heterocycles. The summed E-state index contributed by atoms with van der Waals surface area (Å²) in [4.78, 5) is 8.42. The summed E-state index contributed by atoms with van der Waals surface area (Å²) in [7, 11) is 1.58. The van der Waals surface area contributed by atoms with Gasteiger partial charge in [0.05, 0.1) is 7.11 Å². The van der Waals surface area contributed by atoms with E-state index in [9.17, 15) is 0 Å². The lowest BCUT2D eigenvalue weighted by Gasteiger charge is -2.20. The van der Waals surface area contributed by atoms with E-state index in [0.717, 1.165) is 22.9 Å². The fraction of sp³-hybridized carbons (Fsp3) is 0.238. The third kappa shape index (κ3) is 4.45. The second kappa shape index (κ2) is 8.26. The van der Waals surface area contributed by atoms with Gasteiger partial charge in [0, 0.05) is 22.8 Å². The van der Waals surface area contributed by atoms with Gasteiger partial charge in [0.25, 0.3) is 0 Å². The van der Waals surface area contributed by atoms with Crippen LogP contribution in [-0.4, -0.2) is 17.1 Å². The number of aryl methyl sites for hydroxylation is 2. The molecule has 0 N–H and O–H groups in total. The molecule has 0 spiro atoms. The van der Waals surface area contributed by atoms with E-state index in [1.807, 2.05) is 12.4 Å². The van der Waals surface area contributed by atoms with E-state index in [1.54, 1.807) is 7.11 Å². The van der Waals surface area contributed by atoms with E-state index in [-0.39, 0.29) is 0 Å². The lowest BCUT2D eigenvalue weighted by molar-refractivity contribution is 0.379. The van der Waals surface area contributed by atoms with Crippen molar-refractivity contribution in [2.24, 2.45) is 0 Å². The quantitative estimate of drug-likeness (QED) is 0.565. The van der Waals surface area contributed by atoms with Crippen LogP contribution >= 0.6 is 15.9 Å². The maximum atomic E-state index is 5.03. The molecule has 0 saturated carbocycles. The average Bonchev–Trinajstić information content (AvgIpc) is 2.65. The molecule has 0 unspecified atom stereocenters. The average molecular weight is 397 g/mol. The van der Waals surface area contributed by atoms with Gasteiger partial charge in [-0.05, 0) is 54.2 Å². The Morgan fingerprint density at radius 3 is 2.32 bits per heavy atom. The van der Waals surface area contributed by atoms with Crippen LogP contribution in [0.2, 0.25) is 0 Å². The summed E-state index contributed by atoms with van der Waals surface area (Å²) in [6, 6.07) is 17.6. The number of benzene rings is 2. The molecular weight excluding hydrogens is 376 g/mol. The summed E-state index contributed by atoms with van der Waals surface area (Å²) in [6.45, 7) is 2.18. The minimum atomic E-state index is 0.344. The molecule has 4 heteroatoms. The van der Waals surface area contributed by atoms with Crippen molar-refractivity contribution in [2.45, 2.75) is 25.7 Å². The zero-order chi connectivity index (χ0) is 17.6. The lowest BCUT2D eigenvalue weighted by atomic mass is 9.84. The van der Waals surface area contributed by atoms with Crippen molar-refractivity contribution in [3.05, 3.63) is 87.7 Å². The summed E-state index contributed by atoms with van der Waals surface area (Å²) in [6.07, 6.45) is 5.62. The predicted octanol–water partition coefficient (Wildman–Crippen LogP) is 5.32. The zero-order valence-electron chi connectivity index (χ0n) is 14.4. The number of aromatic nitrogens is 2. The predicted molar refractivity (Wildman–Crippen MR) is 104 cm³/mol. The molecule has 0 radical (unpaired) electrons. The smallest absolute Gasteiger partial charge is 0.316 e. The van der Waals surface area contributed by atoms with Crippen LogP contribution in [0.25, 0.3) is 0 Å². The van der Waals surface area contributed by atoms with Crippen LogP contribution in [0.15, 0.2) is 65.4 Å². The Morgan fingerprint density at radius 2 is 1.68 bits per heavy atom. The number of hydrogen-bond acceptors (Lipinski definition) is 3. The lowest BCUT2D eigenvalue weighted by Crippen LogP contribution is -2.05. The largest absolute Gasteiger partial charge is 0.467 e. The topological polar surface area (TPSA) is 35.0 Å². The molecule has 3 rings (SSSR count). The molecular formula is C21H21BrN2O. The third-order valence-corrected chi connectivity index (χ3v) is 4.95. The highest BCUT2D eigenvalue weighted by molar-refractivity contribution is 9.10. The number of ether oxygens (including phenoxy) is 1. The molecule has 1 atom stereocenters. The van der Waals surface area contributed by atoms with Crippen LogP contribution in [0, 0.1) is 6.92 Å². The van der Waals surface area contributed by atoms with Crippen molar-refractivity contribution < 1.29 is 4.74 Å². The standard InChI is InChI=1S/C21H21BrN2O/c1-15-5-3-4-6-19(15)20(17-8-10-18(22)11-9-17)12-7-16-13-23-21(25-2)24-14-16/h3-6,8-11,13-14,20H,7,12H2,1-2H3/t20-/m0/s1. The Morgan fingerprint density at radius 1 is 1.00 bits per heavy atom. The summed E-state index contributed by atoms with van der Waals surface area (Å²) in [5.74, 6) is 0.344. The van der Waals surface area contributed by atoms with Gasteiger partial charge in [-0.25, -0.2) is 9.97 Å². The van der Waals surface area contributed by atoms with E-state index < -0.39 is 0 Å². The molecule has 0 bridgehead atoms. The van der Waals surface area contributed by atoms with Crippen LogP contribution in [0.4, 0.5) is 0 Å². The van der Waals surface area contributed by atoms with Crippen molar-refractivity contribution in [3.63, 3.8) is 0 Å². The Kier molecular flexibility index (Phi) is 5.82. The number of halogens is 1. The van der Waals surface area contributed by atoms with Gasteiger partial charge < -0.3 is 4.74 Å². The zero-order valence-corrected chi connectivity index (χ0v) is 16.0. The van der Waals surface area contributed by atoms with Crippen LogP contribution in [0.3, 0.4) is 0 Å². The summed E-state index contributed by atoms with van der Waals surface area (Å²) < 4.78 is 6.13. The van der Waals surface area contributed by atoms with Crippen molar-refractivity contribution in [1.29, 1.82) is 0 Å². The molecule has 0 aliphatic heterocycles. The Labute approximate surface area is 157 Å². The number of rotatable bonds is 6. The van der Waals surface area contributed by atoms with Crippen molar-refractivity contribution in [1.82, 2.24) is 9.97 Å². The molecule has 0 aliphatic carbocycles. The van der Waals surface area contributed by atoms with Crippen molar-refractivity contribution in [2.75, 3.05) is 7.11 Å². The van der Waals surface area contributed by atoms with Crippen LogP contribution in [0.1, 0.15) is 34.6 Å². The highest BCUT2D eigenvalue weighted by atomic mass is 79.9. The van der Waals surface area contributed by atoms with Crippen LogP contribution in [0.5, 0.6) is 6.01 Å². The van der Waals surface area contributed by atoms with Crippen LogP contribution < -0.4 is 4.74 Å². The van der Waals surface area contributed by atoms with Gasteiger partial charge in [-0.3, -0.25) is 0 Å². The van der Waals surface area contributed by atoms with Gasteiger partial charge >= 0.3 is 6.01 Å². The monoisotopic (exact) mass is 396 g/mol. The maximum Gasteiger partial charge on any atom is 0.316 e. The SMILES string of the molecule is COc1ncc(CC[C@@H](c2ccc(Br)cc2)c2ccccc2C)cn1. The second-order valence-corrected chi connectivity index (χ2v) is 6.99. The minimum absolute atomic E-state index is 0.344. The first kappa shape index (κ1) is 17.6. The van der Waals surface area contributed by atoms with Gasteiger partial charge in [-0.15, -0.1) is 0 Å². The van der Waals surface area contributed by atoms with Gasteiger partial charge in [0.15, 0.2) is 0 Å². The first-order valence-corrected chi connectivity index (χ1v) is 9.12. The number of nitrogens with zero attached hydrogens (tertiary/aromatic N) is 2. The summed E-state index contributed by atoms with van der Waals surface area (Å²) in [5.41, 5.74) is 5.14. The third-order valence-electron chi connectivity index (χ3n) is 4.42. The maximum absolute atomic E-state index is 5.03. The van der Waals surface area contributed by atoms with Gasteiger partial charge in [0.1, 0.15) is 0 Å². The fourth-order valence-electron chi connectivity index (χ4n) is 3.06. The molecule has 1 heterocycles. The first-order valence-electron chi connectivity index (χ1n) is 8.33. The summed E-state index contributed by atoms with van der Waals surface area (Å²) >= 11 is 3.53. The second-order valence-electron chi connectivity index (χ2n) is 6.08.